The first-order chi connectivity index (χ1) is 9.58. The Hall–Kier alpha value is -0.520. The van der Waals surface area contributed by atoms with Crippen molar-refractivity contribution in [3.63, 3.8) is 0 Å². The van der Waals surface area contributed by atoms with Gasteiger partial charge >= 0.3 is 0 Å². The van der Waals surface area contributed by atoms with E-state index in [0.717, 1.165) is 31.5 Å². The van der Waals surface area contributed by atoms with Crippen molar-refractivity contribution < 1.29 is 14.6 Å². The Kier molecular flexibility index (Phi) is 4.11. The van der Waals surface area contributed by atoms with Crippen LogP contribution in [0.3, 0.4) is 0 Å². The van der Waals surface area contributed by atoms with Gasteiger partial charge in [-0.15, -0.1) is 0 Å². The number of nitrogens with zero attached hydrogens (tertiary/aromatic N) is 1. The molecule has 2 fully saturated rings. The van der Waals surface area contributed by atoms with E-state index in [4.69, 9.17) is 32.7 Å². The number of aromatic hydroxyl groups is 1. The largest absolute Gasteiger partial charge is 0.508 e. The Balaban J connectivity index is 1.63. The molecule has 1 N–H and O–H groups in total. The zero-order valence-corrected chi connectivity index (χ0v) is 12.6. The van der Waals surface area contributed by atoms with Gasteiger partial charge in [-0.2, -0.15) is 0 Å². The summed E-state index contributed by atoms with van der Waals surface area (Å²) in [4.78, 5) is 2.26. The van der Waals surface area contributed by atoms with E-state index in [9.17, 15) is 5.11 Å². The smallest absolute Gasteiger partial charge is 0.170 e. The van der Waals surface area contributed by atoms with Crippen molar-refractivity contribution in [3.05, 3.63) is 27.7 Å². The van der Waals surface area contributed by atoms with Crippen LogP contribution in [-0.2, 0) is 16.0 Å². The quantitative estimate of drug-likeness (QED) is 0.910. The number of likely N-dealkylation sites (tertiary alicyclic amines) is 1. The third-order valence-corrected chi connectivity index (χ3v) is 4.67. The summed E-state index contributed by atoms with van der Waals surface area (Å²) < 4.78 is 11.4. The molecule has 1 spiro atoms. The molecule has 20 heavy (non-hydrogen) atoms. The summed E-state index contributed by atoms with van der Waals surface area (Å²) in [5.41, 5.74) is 0.795. The van der Waals surface area contributed by atoms with Crippen LogP contribution < -0.4 is 0 Å². The van der Waals surface area contributed by atoms with E-state index in [1.807, 2.05) is 0 Å². The molecule has 0 bridgehead atoms. The Bertz CT molecular complexity index is 493. The van der Waals surface area contributed by atoms with Crippen molar-refractivity contribution >= 4 is 23.2 Å². The zero-order chi connectivity index (χ0) is 14.2. The second-order valence-corrected chi connectivity index (χ2v) is 6.09. The molecule has 0 amide bonds. The van der Waals surface area contributed by atoms with E-state index in [1.54, 1.807) is 6.07 Å². The molecular formula is C14H17Cl2NO3. The standard InChI is InChI=1S/C14H17Cl2NO3/c15-11-7-10(13(18)8-12(11)16)9-17-3-1-14(2-4-17)19-5-6-20-14/h7-8,18H,1-6,9H2. The van der Waals surface area contributed by atoms with Crippen molar-refractivity contribution in [2.75, 3.05) is 26.3 Å². The van der Waals surface area contributed by atoms with Gasteiger partial charge in [0.25, 0.3) is 0 Å². The normalized spacial score (nSPS) is 22.5. The van der Waals surface area contributed by atoms with Gasteiger partial charge in [0.2, 0.25) is 0 Å². The molecule has 0 radical (unpaired) electrons. The molecule has 0 unspecified atom stereocenters. The fourth-order valence-corrected chi connectivity index (χ4v) is 3.13. The molecule has 2 aliphatic rings. The van der Waals surface area contributed by atoms with Crippen LogP contribution in [0.5, 0.6) is 5.75 Å². The molecule has 0 aromatic heterocycles. The number of rotatable bonds is 2. The summed E-state index contributed by atoms with van der Waals surface area (Å²) >= 11 is 11.9. The maximum absolute atomic E-state index is 9.93. The van der Waals surface area contributed by atoms with Crippen molar-refractivity contribution in [1.29, 1.82) is 0 Å². The van der Waals surface area contributed by atoms with Gasteiger partial charge in [0.1, 0.15) is 5.75 Å². The molecular weight excluding hydrogens is 301 g/mol. The van der Waals surface area contributed by atoms with Gasteiger partial charge in [-0.3, -0.25) is 4.90 Å². The molecule has 3 rings (SSSR count). The fourth-order valence-electron chi connectivity index (χ4n) is 2.78. The number of hydrogen-bond donors (Lipinski definition) is 1. The molecule has 0 saturated carbocycles. The maximum Gasteiger partial charge on any atom is 0.170 e. The summed E-state index contributed by atoms with van der Waals surface area (Å²) in [6.07, 6.45) is 1.71. The Morgan fingerprint density at radius 3 is 2.35 bits per heavy atom. The fraction of sp³-hybridized carbons (Fsp3) is 0.571. The highest BCUT2D eigenvalue weighted by Gasteiger charge is 2.39. The van der Waals surface area contributed by atoms with Crippen LogP contribution in [0.1, 0.15) is 18.4 Å². The Morgan fingerprint density at radius 1 is 1.10 bits per heavy atom. The Labute approximate surface area is 128 Å². The summed E-state index contributed by atoms with van der Waals surface area (Å²) in [6, 6.07) is 3.22. The van der Waals surface area contributed by atoms with Crippen LogP contribution in [0.2, 0.25) is 10.0 Å². The molecule has 6 heteroatoms. The third kappa shape index (κ3) is 2.90. The first-order valence-corrected chi connectivity index (χ1v) is 7.51. The van der Waals surface area contributed by atoms with Crippen LogP contribution in [-0.4, -0.2) is 42.1 Å². The summed E-state index contributed by atoms with van der Waals surface area (Å²) in [6.45, 7) is 3.78. The molecule has 0 atom stereocenters. The lowest BCUT2D eigenvalue weighted by atomic mass is 10.0. The van der Waals surface area contributed by atoms with Gasteiger partial charge in [-0.1, -0.05) is 23.2 Å². The number of piperidine rings is 1. The minimum atomic E-state index is -0.365. The van der Waals surface area contributed by atoms with Gasteiger partial charge in [0, 0.05) is 44.1 Å². The van der Waals surface area contributed by atoms with Gasteiger partial charge in [-0.05, 0) is 6.07 Å². The molecule has 1 aromatic rings. The summed E-state index contributed by atoms with van der Waals surface area (Å²) in [5.74, 6) is -0.177. The van der Waals surface area contributed by atoms with E-state index in [2.05, 4.69) is 4.90 Å². The highest BCUT2D eigenvalue weighted by molar-refractivity contribution is 6.42. The van der Waals surface area contributed by atoms with Crippen LogP contribution in [0.4, 0.5) is 0 Å². The first kappa shape index (κ1) is 14.4. The number of halogens is 2. The zero-order valence-electron chi connectivity index (χ0n) is 11.1. The Morgan fingerprint density at radius 2 is 1.70 bits per heavy atom. The maximum atomic E-state index is 9.93. The van der Waals surface area contributed by atoms with Gasteiger partial charge in [0.15, 0.2) is 5.79 Å². The van der Waals surface area contributed by atoms with E-state index >= 15 is 0 Å². The van der Waals surface area contributed by atoms with Crippen molar-refractivity contribution in [2.24, 2.45) is 0 Å². The molecule has 2 aliphatic heterocycles. The number of phenols is 1. The van der Waals surface area contributed by atoms with Crippen molar-refractivity contribution in [2.45, 2.75) is 25.2 Å². The van der Waals surface area contributed by atoms with Crippen LogP contribution >= 0.6 is 23.2 Å². The van der Waals surface area contributed by atoms with Gasteiger partial charge in [-0.25, -0.2) is 0 Å². The van der Waals surface area contributed by atoms with Crippen molar-refractivity contribution in [1.82, 2.24) is 4.90 Å². The summed E-state index contributed by atoms with van der Waals surface area (Å²) in [7, 11) is 0. The molecule has 2 heterocycles. The topological polar surface area (TPSA) is 41.9 Å². The third-order valence-electron chi connectivity index (χ3n) is 3.95. The SMILES string of the molecule is Oc1cc(Cl)c(Cl)cc1CN1CCC2(CC1)OCCO2. The van der Waals surface area contributed by atoms with Crippen molar-refractivity contribution in [3.8, 4) is 5.75 Å². The minimum absolute atomic E-state index is 0.188. The lowest BCUT2D eigenvalue weighted by Crippen LogP contribution is -2.44. The second-order valence-electron chi connectivity index (χ2n) is 5.28. The van der Waals surface area contributed by atoms with Gasteiger partial charge in [0.05, 0.1) is 23.3 Å². The monoisotopic (exact) mass is 317 g/mol. The van der Waals surface area contributed by atoms with E-state index in [-0.39, 0.29) is 11.5 Å². The minimum Gasteiger partial charge on any atom is -0.508 e. The predicted octanol–water partition coefficient (Wildman–Crippen LogP) is 3.04. The first-order valence-electron chi connectivity index (χ1n) is 6.75. The lowest BCUT2D eigenvalue weighted by Gasteiger charge is -2.37. The molecule has 110 valence electrons. The molecule has 0 aliphatic carbocycles. The van der Waals surface area contributed by atoms with E-state index in [0.29, 0.717) is 29.8 Å². The van der Waals surface area contributed by atoms with E-state index in [1.165, 1.54) is 6.07 Å². The summed E-state index contributed by atoms with van der Waals surface area (Å²) in [5, 5.41) is 10.8. The number of ether oxygens (including phenoxy) is 2. The average molecular weight is 318 g/mol. The van der Waals surface area contributed by atoms with Crippen LogP contribution in [0.25, 0.3) is 0 Å². The highest BCUT2D eigenvalue weighted by atomic mass is 35.5. The number of hydrogen-bond acceptors (Lipinski definition) is 4. The molecule has 1 aromatic carbocycles. The lowest BCUT2D eigenvalue weighted by molar-refractivity contribution is -0.185. The average Bonchev–Trinajstić information content (AvgIpc) is 2.87. The van der Waals surface area contributed by atoms with Gasteiger partial charge < -0.3 is 14.6 Å². The predicted molar refractivity (Wildman–Crippen MR) is 77.3 cm³/mol. The second kappa shape index (κ2) is 5.70. The number of benzene rings is 1. The molecule has 4 nitrogen and oxygen atoms in total. The van der Waals surface area contributed by atoms with E-state index < -0.39 is 0 Å². The highest BCUT2D eigenvalue weighted by Crippen LogP contribution is 2.34. The van der Waals surface area contributed by atoms with Crippen LogP contribution in [0, 0.1) is 0 Å². The molecule has 2 saturated heterocycles. The van der Waals surface area contributed by atoms with Crippen LogP contribution in [0.15, 0.2) is 12.1 Å². The number of phenolic OH excluding ortho intramolecular Hbond substituents is 1.